The molecule has 0 radical (unpaired) electrons. The van der Waals surface area contributed by atoms with Gasteiger partial charge in [0.25, 0.3) is 5.91 Å². The molecule has 2 aromatic rings. The third-order valence-corrected chi connectivity index (χ3v) is 4.58. The summed E-state index contributed by atoms with van der Waals surface area (Å²) in [5, 5.41) is 2.96. The van der Waals surface area contributed by atoms with Crippen molar-refractivity contribution in [2.75, 3.05) is 29.9 Å². The molecule has 8 heteroatoms. The van der Waals surface area contributed by atoms with Crippen LogP contribution in [0.1, 0.15) is 22.5 Å². The minimum absolute atomic E-state index is 0.102. The molecule has 2 aliphatic heterocycles. The van der Waals surface area contributed by atoms with Gasteiger partial charge in [-0.15, -0.1) is 0 Å². The number of amides is 2. The van der Waals surface area contributed by atoms with Crippen molar-refractivity contribution in [1.29, 1.82) is 0 Å². The fraction of sp³-hybridized carbons (Fsp3) is 0.333. The fourth-order valence-electron chi connectivity index (χ4n) is 3.21. The maximum Gasteiger partial charge on any atom is 0.255 e. The van der Waals surface area contributed by atoms with Crippen LogP contribution in [0.4, 0.5) is 15.9 Å². The van der Waals surface area contributed by atoms with Crippen molar-refractivity contribution in [3.63, 3.8) is 0 Å². The topological polar surface area (TPSA) is 78.4 Å². The van der Waals surface area contributed by atoms with Gasteiger partial charge in [0.05, 0.1) is 36.6 Å². The molecule has 2 aliphatic rings. The van der Waals surface area contributed by atoms with Gasteiger partial charge >= 0.3 is 0 Å². The zero-order valence-corrected chi connectivity index (χ0v) is 14.1. The highest BCUT2D eigenvalue weighted by Crippen LogP contribution is 2.30. The van der Waals surface area contributed by atoms with Gasteiger partial charge in [0, 0.05) is 18.9 Å². The van der Waals surface area contributed by atoms with Crippen LogP contribution in [-0.2, 0) is 11.3 Å². The van der Waals surface area contributed by atoms with Crippen LogP contribution in [-0.4, -0.2) is 52.5 Å². The largest absolute Gasteiger partial charge is 0.359 e. The number of halogens is 1. The van der Waals surface area contributed by atoms with E-state index < -0.39 is 6.17 Å². The van der Waals surface area contributed by atoms with Crippen LogP contribution in [0.2, 0.25) is 0 Å². The number of carbonyl (C=O) groups excluding carboxylic acids is 2. The van der Waals surface area contributed by atoms with Crippen LogP contribution in [0.3, 0.4) is 0 Å². The number of nitrogens with zero attached hydrogens (tertiary/aromatic N) is 4. The molecule has 1 atom stereocenters. The number of anilines is 2. The van der Waals surface area contributed by atoms with Gasteiger partial charge in [-0.2, -0.15) is 0 Å². The number of pyridine rings is 2. The molecular weight excluding hydrogens is 337 g/mol. The number of hydrogen-bond donors (Lipinski definition) is 1. The highest BCUT2D eigenvalue weighted by molar-refractivity contribution is 6.04. The second-order valence-corrected chi connectivity index (χ2v) is 6.38. The quantitative estimate of drug-likeness (QED) is 0.905. The van der Waals surface area contributed by atoms with Gasteiger partial charge in [-0.25, -0.2) is 9.37 Å². The van der Waals surface area contributed by atoms with E-state index in [1.165, 1.54) is 11.1 Å². The number of aromatic nitrogens is 2. The molecule has 0 spiro atoms. The van der Waals surface area contributed by atoms with E-state index in [4.69, 9.17) is 0 Å². The summed E-state index contributed by atoms with van der Waals surface area (Å²) in [7, 11) is 0. The summed E-state index contributed by atoms with van der Waals surface area (Å²) in [5.74, 6) is 0.151. The zero-order chi connectivity index (χ0) is 18.1. The maximum absolute atomic E-state index is 13.4. The van der Waals surface area contributed by atoms with E-state index in [1.54, 1.807) is 17.2 Å². The third-order valence-electron chi connectivity index (χ3n) is 4.58. The SMILES string of the molecule is O=C(c1cnc2c(c1)N(Cc1ccccn1)C(=O)CN2)N1CC[C@H](F)C1. The molecule has 26 heavy (non-hydrogen) atoms. The van der Waals surface area contributed by atoms with Crippen molar-refractivity contribution in [3.05, 3.63) is 47.9 Å². The lowest BCUT2D eigenvalue weighted by Gasteiger charge is -2.29. The third kappa shape index (κ3) is 3.10. The van der Waals surface area contributed by atoms with Crippen molar-refractivity contribution in [1.82, 2.24) is 14.9 Å². The number of carbonyl (C=O) groups is 2. The highest BCUT2D eigenvalue weighted by Gasteiger charge is 2.30. The Morgan fingerprint density at radius 3 is 2.96 bits per heavy atom. The predicted octanol–water partition coefficient (Wildman–Crippen LogP) is 1.62. The molecule has 0 bridgehead atoms. The molecule has 4 rings (SSSR count). The Hall–Kier alpha value is -3.03. The minimum Gasteiger partial charge on any atom is -0.359 e. The van der Waals surface area contributed by atoms with Crippen molar-refractivity contribution >= 4 is 23.3 Å². The lowest BCUT2D eigenvalue weighted by Crippen LogP contribution is -2.40. The van der Waals surface area contributed by atoms with Gasteiger partial charge in [-0.3, -0.25) is 14.6 Å². The van der Waals surface area contributed by atoms with Crippen LogP contribution in [0.15, 0.2) is 36.7 Å². The lowest BCUT2D eigenvalue weighted by atomic mass is 10.1. The average molecular weight is 355 g/mol. The van der Waals surface area contributed by atoms with E-state index >= 15 is 0 Å². The standard InChI is InChI=1S/C18H18FN5O2/c19-13-4-6-23(10-13)18(26)12-7-15-17(21-8-12)22-9-16(25)24(15)11-14-3-1-2-5-20-14/h1-3,5,7-8,13H,4,6,9-11H2,(H,21,22)/t13-/m0/s1. The first-order valence-electron chi connectivity index (χ1n) is 8.49. The summed E-state index contributed by atoms with van der Waals surface area (Å²) in [6.45, 7) is 0.927. The molecule has 1 saturated heterocycles. The van der Waals surface area contributed by atoms with E-state index in [-0.39, 0.29) is 24.9 Å². The van der Waals surface area contributed by atoms with E-state index in [0.29, 0.717) is 36.6 Å². The predicted molar refractivity (Wildman–Crippen MR) is 93.6 cm³/mol. The lowest BCUT2D eigenvalue weighted by molar-refractivity contribution is -0.117. The average Bonchev–Trinajstić information content (AvgIpc) is 3.10. The fourth-order valence-corrected chi connectivity index (χ4v) is 3.21. The van der Waals surface area contributed by atoms with Gasteiger partial charge in [-0.05, 0) is 24.6 Å². The van der Waals surface area contributed by atoms with Gasteiger partial charge in [-0.1, -0.05) is 6.07 Å². The summed E-state index contributed by atoms with van der Waals surface area (Å²) in [5.41, 5.74) is 1.62. The summed E-state index contributed by atoms with van der Waals surface area (Å²) in [4.78, 5) is 36.6. The first-order chi connectivity index (χ1) is 12.6. The molecule has 2 amide bonds. The number of rotatable bonds is 3. The van der Waals surface area contributed by atoms with Gasteiger partial charge in [0.15, 0.2) is 5.82 Å². The van der Waals surface area contributed by atoms with Gasteiger partial charge in [0.1, 0.15) is 6.17 Å². The van der Waals surface area contributed by atoms with Gasteiger partial charge in [0.2, 0.25) is 5.91 Å². The Morgan fingerprint density at radius 2 is 2.23 bits per heavy atom. The molecule has 1 fully saturated rings. The molecular formula is C18H18FN5O2. The Labute approximate surface area is 149 Å². The monoisotopic (exact) mass is 355 g/mol. The minimum atomic E-state index is -0.978. The smallest absolute Gasteiger partial charge is 0.255 e. The number of hydrogen-bond acceptors (Lipinski definition) is 5. The second kappa shape index (κ2) is 6.70. The normalized spacial score (nSPS) is 19.3. The van der Waals surface area contributed by atoms with Crippen molar-refractivity contribution in [2.45, 2.75) is 19.1 Å². The van der Waals surface area contributed by atoms with E-state index in [0.717, 1.165) is 5.69 Å². The second-order valence-electron chi connectivity index (χ2n) is 6.38. The number of alkyl halides is 1. The summed E-state index contributed by atoms with van der Waals surface area (Å²) >= 11 is 0. The molecule has 1 N–H and O–H groups in total. The van der Waals surface area contributed by atoms with Crippen molar-refractivity contribution < 1.29 is 14.0 Å². The van der Waals surface area contributed by atoms with Crippen LogP contribution in [0.25, 0.3) is 0 Å². The van der Waals surface area contributed by atoms with Crippen LogP contribution in [0.5, 0.6) is 0 Å². The molecule has 134 valence electrons. The molecule has 0 aliphatic carbocycles. The molecule has 7 nitrogen and oxygen atoms in total. The summed E-state index contributed by atoms with van der Waals surface area (Å²) in [6, 6.07) is 7.14. The number of nitrogens with one attached hydrogen (secondary N) is 1. The van der Waals surface area contributed by atoms with E-state index in [1.807, 2.05) is 18.2 Å². The van der Waals surface area contributed by atoms with Crippen molar-refractivity contribution in [3.8, 4) is 0 Å². The van der Waals surface area contributed by atoms with Gasteiger partial charge < -0.3 is 15.1 Å². The Morgan fingerprint density at radius 1 is 1.35 bits per heavy atom. The summed E-state index contributed by atoms with van der Waals surface area (Å²) < 4.78 is 13.4. The molecule has 4 heterocycles. The first kappa shape index (κ1) is 16.4. The van der Waals surface area contributed by atoms with Crippen LogP contribution < -0.4 is 10.2 Å². The summed E-state index contributed by atoms with van der Waals surface area (Å²) in [6.07, 6.45) is 2.51. The Kier molecular flexibility index (Phi) is 4.24. The Bertz CT molecular complexity index is 845. The van der Waals surface area contributed by atoms with E-state index in [2.05, 4.69) is 15.3 Å². The number of fused-ring (bicyclic) bond motifs is 1. The molecule has 0 saturated carbocycles. The molecule has 0 unspecified atom stereocenters. The zero-order valence-electron chi connectivity index (χ0n) is 14.1. The first-order valence-corrected chi connectivity index (χ1v) is 8.49. The molecule has 2 aromatic heterocycles. The van der Waals surface area contributed by atoms with Crippen molar-refractivity contribution in [2.24, 2.45) is 0 Å². The maximum atomic E-state index is 13.4. The Balaban J connectivity index is 1.64. The highest BCUT2D eigenvalue weighted by atomic mass is 19.1. The van der Waals surface area contributed by atoms with Crippen LogP contribution in [0, 0.1) is 0 Å². The molecule has 0 aromatic carbocycles. The number of likely N-dealkylation sites (tertiary alicyclic amines) is 1. The van der Waals surface area contributed by atoms with Crippen LogP contribution >= 0.6 is 0 Å². The van der Waals surface area contributed by atoms with E-state index in [9.17, 15) is 14.0 Å².